The summed E-state index contributed by atoms with van der Waals surface area (Å²) in [5, 5.41) is 8.08. The molecule has 1 aliphatic rings. The molecule has 1 unspecified atom stereocenters. The van der Waals surface area contributed by atoms with Crippen LogP contribution in [0.4, 0.5) is 0 Å². The van der Waals surface area contributed by atoms with Crippen LogP contribution >= 0.6 is 11.6 Å². The second kappa shape index (κ2) is 6.46. The van der Waals surface area contributed by atoms with Crippen molar-refractivity contribution < 1.29 is 4.79 Å². The predicted octanol–water partition coefficient (Wildman–Crippen LogP) is 1.92. The van der Waals surface area contributed by atoms with Gasteiger partial charge < -0.3 is 10.2 Å². The minimum atomic E-state index is -0.362. The molecule has 118 valence electrons. The lowest BCUT2D eigenvalue weighted by molar-refractivity contribution is 0.0727. The molecule has 0 spiro atoms. The first-order valence-corrected chi connectivity index (χ1v) is 7.88. The summed E-state index contributed by atoms with van der Waals surface area (Å²) < 4.78 is 1.76. The number of Topliss-reactive ketones (excluding diaryl/α,β-unsaturated/α-hetero) is 1. The summed E-state index contributed by atoms with van der Waals surface area (Å²) in [4.78, 5) is 15.2. The Morgan fingerprint density at radius 3 is 2.81 bits per heavy atom. The van der Waals surface area contributed by atoms with Crippen LogP contribution < -0.4 is 5.32 Å². The Bertz CT molecular complexity index is 504. The summed E-state index contributed by atoms with van der Waals surface area (Å²) in [6.07, 6.45) is 2.44. The number of carbonyl (C=O) groups excluding carboxylic acids is 1. The van der Waals surface area contributed by atoms with Gasteiger partial charge in [0.15, 0.2) is 5.78 Å². The summed E-state index contributed by atoms with van der Waals surface area (Å²) in [5.74, 6) is 0.400. The number of aromatic nitrogens is 2. The first-order chi connectivity index (χ1) is 9.88. The van der Waals surface area contributed by atoms with Crippen molar-refractivity contribution in [3.05, 3.63) is 16.9 Å². The van der Waals surface area contributed by atoms with E-state index in [2.05, 4.69) is 29.2 Å². The Morgan fingerprint density at radius 2 is 2.29 bits per heavy atom. The van der Waals surface area contributed by atoms with Crippen LogP contribution in [-0.2, 0) is 6.54 Å². The highest BCUT2D eigenvalue weighted by Gasteiger charge is 2.45. The van der Waals surface area contributed by atoms with Crippen molar-refractivity contribution in [2.45, 2.75) is 26.8 Å². The molecule has 0 bridgehead atoms. The average molecular weight is 313 g/mol. The molecule has 1 N–H and O–H groups in total. The highest BCUT2D eigenvalue weighted by Crippen LogP contribution is 2.38. The smallest absolute Gasteiger partial charge is 0.190 e. The number of hydrogen-bond donors (Lipinski definition) is 1. The molecule has 1 aliphatic heterocycles. The number of hydrogen-bond acceptors (Lipinski definition) is 4. The van der Waals surface area contributed by atoms with Crippen LogP contribution in [0.25, 0.3) is 0 Å². The molecular weight excluding hydrogens is 288 g/mol. The molecule has 2 rings (SSSR count). The molecule has 1 aromatic heterocycles. The third-order valence-corrected chi connectivity index (χ3v) is 4.79. The Balaban J connectivity index is 2.32. The van der Waals surface area contributed by atoms with Gasteiger partial charge in [0, 0.05) is 13.1 Å². The van der Waals surface area contributed by atoms with Crippen LogP contribution in [0.5, 0.6) is 0 Å². The van der Waals surface area contributed by atoms with Crippen LogP contribution in [0.3, 0.4) is 0 Å². The number of halogens is 1. The van der Waals surface area contributed by atoms with E-state index in [4.69, 9.17) is 11.6 Å². The zero-order valence-electron chi connectivity index (χ0n) is 13.3. The number of ketones is 1. The maximum absolute atomic E-state index is 13.2. The van der Waals surface area contributed by atoms with Crippen LogP contribution in [0.15, 0.2) is 6.20 Å². The minimum absolute atomic E-state index is 0.128. The molecule has 0 radical (unpaired) electrons. The third kappa shape index (κ3) is 3.15. The molecule has 21 heavy (non-hydrogen) atoms. The van der Waals surface area contributed by atoms with E-state index in [1.165, 1.54) is 0 Å². The lowest BCUT2D eigenvalue weighted by Gasteiger charge is -2.31. The average Bonchev–Trinajstić information content (AvgIpc) is 3.03. The van der Waals surface area contributed by atoms with E-state index in [1.54, 1.807) is 10.9 Å². The molecule has 0 saturated carbocycles. The lowest BCUT2D eigenvalue weighted by atomic mass is 9.72. The maximum Gasteiger partial charge on any atom is 0.190 e. The molecular formula is C15H25ClN4O. The van der Waals surface area contributed by atoms with Gasteiger partial charge >= 0.3 is 0 Å². The molecule has 6 heteroatoms. The minimum Gasteiger partial charge on any atom is -0.316 e. The lowest BCUT2D eigenvalue weighted by Crippen LogP contribution is -2.40. The highest BCUT2D eigenvalue weighted by molar-refractivity contribution is 6.33. The zero-order valence-corrected chi connectivity index (χ0v) is 14.1. The van der Waals surface area contributed by atoms with Gasteiger partial charge in [-0.3, -0.25) is 9.48 Å². The second-order valence-corrected chi connectivity index (χ2v) is 6.84. The first kappa shape index (κ1) is 16.5. The Hall–Kier alpha value is -0.910. The highest BCUT2D eigenvalue weighted by atomic mass is 35.5. The number of likely N-dealkylation sites (N-methyl/N-ethyl adjacent to an activating group) is 1. The van der Waals surface area contributed by atoms with E-state index < -0.39 is 0 Å². The Labute approximate surface area is 131 Å². The number of carbonyl (C=O) groups is 1. The van der Waals surface area contributed by atoms with Crippen molar-refractivity contribution in [1.82, 2.24) is 20.0 Å². The van der Waals surface area contributed by atoms with Gasteiger partial charge in [0.25, 0.3) is 0 Å². The van der Waals surface area contributed by atoms with E-state index in [1.807, 2.05) is 14.1 Å². The van der Waals surface area contributed by atoms with Gasteiger partial charge in [-0.2, -0.15) is 5.10 Å². The molecule has 0 amide bonds. The van der Waals surface area contributed by atoms with E-state index in [0.717, 1.165) is 26.1 Å². The van der Waals surface area contributed by atoms with Crippen LogP contribution in [0.2, 0.25) is 5.02 Å². The van der Waals surface area contributed by atoms with E-state index >= 15 is 0 Å². The molecule has 0 aromatic carbocycles. The molecule has 1 fully saturated rings. The van der Waals surface area contributed by atoms with E-state index in [9.17, 15) is 4.79 Å². The van der Waals surface area contributed by atoms with Crippen LogP contribution in [0.1, 0.15) is 30.8 Å². The van der Waals surface area contributed by atoms with Crippen molar-refractivity contribution in [2.24, 2.45) is 11.3 Å². The van der Waals surface area contributed by atoms with Crippen LogP contribution in [-0.4, -0.2) is 54.2 Å². The molecule has 1 saturated heterocycles. The summed E-state index contributed by atoms with van der Waals surface area (Å²) in [5.41, 5.74) is 0.204. The second-order valence-electron chi connectivity index (χ2n) is 6.43. The fraction of sp³-hybridized carbons (Fsp3) is 0.733. The number of nitrogens with one attached hydrogen (secondary N) is 1. The van der Waals surface area contributed by atoms with Gasteiger partial charge in [0.2, 0.25) is 0 Å². The van der Waals surface area contributed by atoms with Crippen molar-refractivity contribution in [3.8, 4) is 0 Å². The van der Waals surface area contributed by atoms with E-state index in [0.29, 0.717) is 17.3 Å². The maximum atomic E-state index is 13.2. The SMILES string of the molecule is CC(C)C1(C(=O)c2c(Cl)cnn2CCN(C)C)CCNC1. The topological polar surface area (TPSA) is 50.2 Å². The Kier molecular flexibility index (Phi) is 5.07. The summed E-state index contributed by atoms with van der Waals surface area (Å²) in [6, 6.07) is 0. The zero-order chi connectivity index (χ0) is 15.6. The van der Waals surface area contributed by atoms with Gasteiger partial charge in [-0.15, -0.1) is 0 Å². The quantitative estimate of drug-likeness (QED) is 0.815. The fourth-order valence-corrected chi connectivity index (χ4v) is 3.18. The van der Waals surface area contributed by atoms with Gasteiger partial charge in [-0.05, 0) is 33.0 Å². The number of rotatable bonds is 6. The molecule has 1 atom stereocenters. The van der Waals surface area contributed by atoms with Crippen molar-refractivity contribution in [2.75, 3.05) is 33.7 Å². The summed E-state index contributed by atoms with van der Waals surface area (Å²) >= 11 is 6.26. The van der Waals surface area contributed by atoms with Crippen LogP contribution in [0, 0.1) is 11.3 Å². The largest absolute Gasteiger partial charge is 0.316 e. The normalized spacial score (nSPS) is 22.4. The fourth-order valence-electron chi connectivity index (χ4n) is 2.95. The van der Waals surface area contributed by atoms with Crippen molar-refractivity contribution in [1.29, 1.82) is 0 Å². The molecule has 2 heterocycles. The number of nitrogens with zero attached hydrogens (tertiary/aromatic N) is 3. The van der Waals surface area contributed by atoms with Gasteiger partial charge in [-0.25, -0.2) is 0 Å². The standard InChI is InChI=1S/C15H25ClN4O/c1-11(2)15(5-6-17-10-15)14(21)13-12(16)9-18-20(13)8-7-19(3)4/h9,11,17H,5-8,10H2,1-4H3. The third-order valence-electron chi connectivity index (χ3n) is 4.51. The predicted molar refractivity (Wildman–Crippen MR) is 84.9 cm³/mol. The van der Waals surface area contributed by atoms with Crippen molar-refractivity contribution >= 4 is 17.4 Å². The van der Waals surface area contributed by atoms with E-state index in [-0.39, 0.29) is 17.1 Å². The summed E-state index contributed by atoms with van der Waals surface area (Å²) in [7, 11) is 4.01. The van der Waals surface area contributed by atoms with Gasteiger partial charge in [0.1, 0.15) is 5.69 Å². The molecule has 0 aliphatic carbocycles. The molecule has 5 nitrogen and oxygen atoms in total. The molecule has 1 aromatic rings. The first-order valence-electron chi connectivity index (χ1n) is 7.50. The van der Waals surface area contributed by atoms with Crippen molar-refractivity contribution in [3.63, 3.8) is 0 Å². The monoisotopic (exact) mass is 312 g/mol. The van der Waals surface area contributed by atoms with Gasteiger partial charge in [0.05, 0.1) is 23.2 Å². The van der Waals surface area contributed by atoms with Gasteiger partial charge in [-0.1, -0.05) is 25.4 Å². The Morgan fingerprint density at radius 1 is 1.57 bits per heavy atom. The summed E-state index contributed by atoms with van der Waals surface area (Å²) in [6.45, 7) is 7.32.